The standard InChI is InChI=1S/C20H28N4O3/c1-5-26-18-12-17(24-7-9-25-10-8-24)19(27-6-2)11-16(18)23-20-15(4)21-13-14(3)22-20/h11-13H,5-10H2,1-4H3,(H,22,23). The Labute approximate surface area is 160 Å². The van der Waals surface area contributed by atoms with Gasteiger partial charge in [-0.3, -0.25) is 4.98 Å². The minimum atomic E-state index is 0.573. The van der Waals surface area contributed by atoms with Crippen LogP contribution in [0.25, 0.3) is 0 Å². The Hall–Kier alpha value is -2.54. The third kappa shape index (κ3) is 4.60. The summed E-state index contributed by atoms with van der Waals surface area (Å²) in [6.07, 6.45) is 1.76. The summed E-state index contributed by atoms with van der Waals surface area (Å²) >= 11 is 0. The Morgan fingerprint density at radius 3 is 2.48 bits per heavy atom. The molecular weight excluding hydrogens is 344 g/mol. The predicted molar refractivity (Wildman–Crippen MR) is 107 cm³/mol. The van der Waals surface area contributed by atoms with Crippen molar-refractivity contribution in [2.24, 2.45) is 0 Å². The Morgan fingerprint density at radius 1 is 1.07 bits per heavy atom. The van der Waals surface area contributed by atoms with Gasteiger partial charge < -0.3 is 24.4 Å². The van der Waals surface area contributed by atoms with Gasteiger partial charge in [0, 0.05) is 31.4 Å². The van der Waals surface area contributed by atoms with E-state index in [2.05, 4.69) is 20.2 Å². The number of anilines is 3. The second kappa shape index (κ2) is 8.90. The van der Waals surface area contributed by atoms with Gasteiger partial charge in [-0.1, -0.05) is 0 Å². The average molecular weight is 372 g/mol. The van der Waals surface area contributed by atoms with E-state index in [1.807, 2.05) is 39.8 Å². The van der Waals surface area contributed by atoms with E-state index in [9.17, 15) is 0 Å². The SMILES string of the molecule is CCOc1cc(N2CCOCC2)c(OCC)cc1Nc1nc(C)cnc1C. The maximum atomic E-state index is 5.94. The van der Waals surface area contributed by atoms with Gasteiger partial charge in [-0.15, -0.1) is 0 Å². The first kappa shape index (κ1) is 19.2. The molecule has 1 saturated heterocycles. The van der Waals surface area contributed by atoms with Gasteiger partial charge in [0.2, 0.25) is 0 Å². The van der Waals surface area contributed by atoms with Crippen LogP contribution in [-0.4, -0.2) is 49.5 Å². The summed E-state index contributed by atoms with van der Waals surface area (Å²) in [7, 11) is 0. The number of benzene rings is 1. The van der Waals surface area contributed by atoms with Crippen LogP contribution in [0, 0.1) is 13.8 Å². The van der Waals surface area contributed by atoms with E-state index in [0.717, 1.165) is 53.2 Å². The summed E-state index contributed by atoms with van der Waals surface area (Å²) in [5, 5.41) is 3.37. The summed E-state index contributed by atoms with van der Waals surface area (Å²) < 4.78 is 17.3. The van der Waals surface area contributed by atoms with Gasteiger partial charge in [0.05, 0.1) is 49.2 Å². The summed E-state index contributed by atoms with van der Waals surface area (Å²) in [5.74, 6) is 2.31. The molecule has 0 saturated carbocycles. The molecule has 7 nitrogen and oxygen atoms in total. The molecule has 0 atom stereocenters. The number of morpholine rings is 1. The Balaban J connectivity index is 2.01. The number of nitrogens with one attached hydrogen (secondary N) is 1. The third-order valence-electron chi connectivity index (χ3n) is 4.34. The first-order valence-electron chi connectivity index (χ1n) is 9.46. The first-order valence-corrected chi connectivity index (χ1v) is 9.46. The summed E-state index contributed by atoms with van der Waals surface area (Å²) in [5.41, 5.74) is 3.54. The molecule has 7 heteroatoms. The van der Waals surface area contributed by atoms with Crippen molar-refractivity contribution in [2.75, 3.05) is 49.7 Å². The zero-order valence-electron chi connectivity index (χ0n) is 16.5. The lowest BCUT2D eigenvalue weighted by Gasteiger charge is -2.31. The highest BCUT2D eigenvalue weighted by Gasteiger charge is 2.20. The maximum absolute atomic E-state index is 5.94. The molecule has 146 valence electrons. The molecule has 0 unspecified atom stereocenters. The van der Waals surface area contributed by atoms with Gasteiger partial charge in [-0.25, -0.2) is 4.98 Å². The van der Waals surface area contributed by atoms with Crippen molar-refractivity contribution < 1.29 is 14.2 Å². The van der Waals surface area contributed by atoms with Crippen LogP contribution in [0.5, 0.6) is 11.5 Å². The van der Waals surface area contributed by atoms with Gasteiger partial charge in [0.25, 0.3) is 0 Å². The molecule has 2 heterocycles. The fourth-order valence-corrected chi connectivity index (χ4v) is 3.03. The zero-order chi connectivity index (χ0) is 19.2. The largest absolute Gasteiger partial charge is 0.492 e. The number of nitrogens with zero attached hydrogens (tertiary/aromatic N) is 3. The maximum Gasteiger partial charge on any atom is 0.152 e. The molecule has 1 aromatic heterocycles. The zero-order valence-corrected chi connectivity index (χ0v) is 16.5. The average Bonchev–Trinajstić information content (AvgIpc) is 2.67. The van der Waals surface area contributed by atoms with Crippen LogP contribution in [-0.2, 0) is 4.74 Å². The molecule has 0 bridgehead atoms. The van der Waals surface area contributed by atoms with Crippen molar-refractivity contribution >= 4 is 17.2 Å². The molecule has 0 radical (unpaired) electrons. The number of hydrogen-bond acceptors (Lipinski definition) is 7. The molecule has 1 aliphatic heterocycles. The highest BCUT2D eigenvalue weighted by molar-refractivity contribution is 5.75. The van der Waals surface area contributed by atoms with Crippen LogP contribution in [0.1, 0.15) is 25.2 Å². The molecule has 1 aliphatic rings. The second-order valence-corrected chi connectivity index (χ2v) is 6.35. The number of ether oxygens (including phenoxy) is 3. The Morgan fingerprint density at radius 2 is 1.78 bits per heavy atom. The molecule has 0 spiro atoms. The van der Waals surface area contributed by atoms with Crippen LogP contribution in [0.3, 0.4) is 0 Å². The summed E-state index contributed by atoms with van der Waals surface area (Å²) in [6, 6.07) is 4.03. The lowest BCUT2D eigenvalue weighted by Crippen LogP contribution is -2.36. The smallest absolute Gasteiger partial charge is 0.152 e. The molecule has 1 fully saturated rings. The van der Waals surface area contributed by atoms with Gasteiger partial charge in [0.1, 0.15) is 11.5 Å². The minimum Gasteiger partial charge on any atom is -0.492 e. The normalized spacial score (nSPS) is 14.1. The summed E-state index contributed by atoms with van der Waals surface area (Å²) in [4.78, 5) is 11.2. The van der Waals surface area contributed by atoms with Crippen molar-refractivity contribution in [1.82, 2.24) is 9.97 Å². The molecular formula is C20H28N4O3. The van der Waals surface area contributed by atoms with Crippen LogP contribution in [0.15, 0.2) is 18.3 Å². The van der Waals surface area contributed by atoms with E-state index in [1.165, 1.54) is 0 Å². The van der Waals surface area contributed by atoms with E-state index in [4.69, 9.17) is 14.2 Å². The van der Waals surface area contributed by atoms with Crippen molar-refractivity contribution in [3.63, 3.8) is 0 Å². The third-order valence-corrected chi connectivity index (χ3v) is 4.34. The van der Waals surface area contributed by atoms with Crippen LogP contribution >= 0.6 is 0 Å². The molecule has 3 rings (SSSR count). The lowest BCUT2D eigenvalue weighted by molar-refractivity contribution is 0.122. The predicted octanol–water partition coefficient (Wildman–Crippen LogP) is 3.47. The van der Waals surface area contributed by atoms with Gasteiger partial charge in [-0.05, 0) is 27.7 Å². The van der Waals surface area contributed by atoms with E-state index in [0.29, 0.717) is 26.4 Å². The van der Waals surface area contributed by atoms with Crippen molar-refractivity contribution in [3.05, 3.63) is 29.7 Å². The molecule has 2 aromatic rings. The molecule has 0 aliphatic carbocycles. The highest BCUT2D eigenvalue weighted by Crippen LogP contribution is 2.40. The topological polar surface area (TPSA) is 68.7 Å². The van der Waals surface area contributed by atoms with Crippen molar-refractivity contribution in [1.29, 1.82) is 0 Å². The fraction of sp³-hybridized carbons (Fsp3) is 0.500. The minimum absolute atomic E-state index is 0.573. The van der Waals surface area contributed by atoms with Gasteiger partial charge in [-0.2, -0.15) is 0 Å². The second-order valence-electron chi connectivity index (χ2n) is 6.35. The van der Waals surface area contributed by atoms with Gasteiger partial charge >= 0.3 is 0 Å². The number of aromatic nitrogens is 2. The number of hydrogen-bond donors (Lipinski definition) is 1. The molecule has 1 N–H and O–H groups in total. The molecule has 27 heavy (non-hydrogen) atoms. The van der Waals surface area contributed by atoms with Crippen molar-refractivity contribution in [3.8, 4) is 11.5 Å². The quantitative estimate of drug-likeness (QED) is 0.798. The number of aryl methyl sites for hydroxylation is 2. The monoisotopic (exact) mass is 372 g/mol. The Bertz CT molecular complexity index is 776. The first-order chi connectivity index (χ1) is 13.1. The van der Waals surface area contributed by atoms with E-state index in [1.54, 1.807) is 6.20 Å². The van der Waals surface area contributed by atoms with Gasteiger partial charge in [0.15, 0.2) is 5.82 Å². The Kier molecular flexibility index (Phi) is 6.34. The van der Waals surface area contributed by atoms with Crippen LogP contribution in [0.4, 0.5) is 17.2 Å². The fourth-order valence-electron chi connectivity index (χ4n) is 3.03. The van der Waals surface area contributed by atoms with E-state index >= 15 is 0 Å². The van der Waals surface area contributed by atoms with E-state index < -0.39 is 0 Å². The summed E-state index contributed by atoms with van der Waals surface area (Å²) in [6.45, 7) is 12.1. The van der Waals surface area contributed by atoms with Crippen LogP contribution in [0.2, 0.25) is 0 Å². The number of rotatable bonds is 7. The van der Waals surface area contributed by atoms with Crippen molar-refractivity contribution in [2.45, 2.75) is 27.7 Å². The lowest BCUT2D eigenvalue weighted by atomic mass is 10.2. The molecule has 0 amide bonds. The van der Waals surface area contributed by atoms with E-state index in [-0.39, 0.29) is 0 Å². The van der Waals surface area contributed by atoms with Crippen LogP contribution < -0.4 is 19.7 Å². The molecule has 1 aromatic carbocycles. The highest BCUT2D eigenvalue weighted by atomic mass is 16.5.